The summed E-state index contributed by atoms with van der Waals surface area (Å²) in [5.41, 5.74) is 0. The number of hydrogen-bond acceptors (Lipinski definition) is 5. The van der Waals surface area contributed by atoms with E-state index in [9.17, 15) is 17.6 Å². The first-order valence-corrected chi connectivity index (χ1v) is 7.72. The summed E-state index contributed by atoms with van der Waals surface area (Å²) in [4.78, 5) is 11.0. The SMILES string of the molecule is COC(=O)CC(C)Sc1ccc(S(N)(=O)=O)cc1F. The Kier molecular flexibility index (Phi) is 5.33. The van der Waals surface area contributed by atoms with Crippen molar-refractivity contribution in [3.63, 3.8) is 0 Å². The first-order chi connectivity index (χ1) is 8.74. The molecule has 1 atom stereocenters. The Balaban J connectivity index is 2.84. The number of sulfonamides is 1. The summed E-state index contributed by atoms with van der Waals surface area (Å²) in [6.07, 6.45) is 0.136. The van der Waals surface area contributed by atoms with Gasteiger partial charge in [0.05, 0.1) is 18.4 Å². The lowest BCUT2D eigenvalue weighted by Crippen LogP contribution is -2.12. The zero-order chi connectivity index (χ0) is 14.6. The highest BCUT2D eigenvalue weighted by Crippen LogP contribution is 2.29. The van der Waals surface area contributed by atoms with Crippen LogP contribution in [-0.2, 0) is 19.6 Å². The molecule has 0 saturated heterocycles. The molecule has 19 heavy (non-hydrogen) atoms. The largest absolute Gasteiger partial charge is 0.469 e. The third-order valence-corrected chi connectivity index (χ3v) is 4.31. The number of hydrogen-bond donors (Lipinski definition) is 1. The van der Waals surface area contributed by atoms with Crippen LogP contribution in [0, 0.1) is 5.82 Å². The van der Waals surface area contributed by atoms with Crippen molar-refractivity contribution >= 4 is 27.8 Å². The number of carbonyl (C=O) groups excluding carboxylic acids is 1. The van der Waals surface area contributed by atoms with Crippen molar-refractivity contribution < 1.29 is 22.3 Å². The Hall–Kier alpha value is -1.12. The molecular formula is C11H14FNO4S2. The number of benzene rings is 1. The lowest BCUT2D eigenvalue weighted by Gasteiger charge is -2.10. The number of carbonyl (C=O) groups is 1. The van der Waals surface area contributed by atoms with Gasteiger partial charge < -0.3 is 4.74 Å². The minimum Gasteiger partial charge on any atom is -0.469 e. The Morgan fingerprint density at radius 1 is 1.53 bits per heavy atom. The molecule has 0 fully saturated rings. The molecule has 1 aromatic carbocycles. The molecule has 0 amide bonds. The zero-order valence-electron chi connectivity index (χ0n) is 10.4. The fraction of sp³-hybridized carbons (Fsp3) is 0.364. The molecule has 0 radical (unpaired) electrons. The van der Waals surface area contributed by atoms with Crippen LogP contribution in [0.1, 0.15) is 13.3 Å². The van der Waals surface area contributed by atoms with Crippen LogP contribution >= 0.6 is 11.8 Å². The third kappa shape index (κ3) is 4.81. The number of esters is 1. The van der Waals surface area contributed by atoms with Crippen LogP contribution in [0.3, 0.4) is 0 Å². The van der Waals surface area contributed by atoms with Gasteiger partial charge in [0.25, 0.3) is 0 Å². The predicted octanol–water partition coefficient (Wildman–Crippen LogP) is 1.52. The van der Waals surface area contributed by atoms with Gasteiger partial charge >= 0.3 is 5.97 Å². The van der Waals surface area contributed by atoms with E-state index >= 15 is 0 Å². The van der Waals surface area contributed by atoms with Crippen molar-refractivity contribution in [3.8, 4) is 0 Å². The van der Waals surface area contributed by atoms with Gasteiger partial charge in [-0.2, -0.15) is 0 Å². The topological polar surface area (TPSA) is 86.5 Å². The number of methoxy groups -OCH3 is 1. The molecule has 1 unspecified atom stereocenters. The predicted molar refractivity (Wildman–Crippen MR) is 69.7 cm³/mol. The molecule has 5 nitrogen and oxygen atoms in total. The fourth-order valence-corrected chi connectivity index (χ4v) is 2.83. The lowest BCUT2D eigenvalue weighted by atomic mass is 10.3. The van der Waals surface area contributed by atoms with Gasteiger partial charge in [0.1, 0.15) is 5.82 Å². The number of thioether (sulfide) groups is 1. The number of nitrogens with two attached hydrogens (primary N) is 1. The van der Waals surface area contributed by atoms with E-state index in [-0.39, 0.29) is 27.4 Å². The van der Waals surface area contributed by atoms with Gasteiger partial charge in [0, 0.05) is 10.1 Å². The highest BCUT2D eigenvalue weighted by atomic mass is 32.2. The Morgan fingerprint density at radius 2 is 2.16 bits per heavy atom. The highest BCUT2D eigenvalue weighted by Gasteiger charge is 2.15. The molecule has 0 aliphatic rings. The fourth-order valence-electron chi connectivity index (χ4n) is 1.33. The number of rotatable bonds is 5. The van der Waals surface area contributed by atoms with Crippen LogP contribution in [0.5, 0.6) is 0 Å². The molecule has 0 spiro atoms. The van der Waals surface area contributed by atoms with E-state index in [2.05, 4.69) is 4.74 Å². The van der Waals surface area contributed by atoms with Crippen molar-refractivity contribution in [1.82, 2.24) is 0 Å². The van der Waals surface area contributed by atoms with Crippen LogP contribution < -0.4 is 5.14 Å². The maximum Gasteiger partial charge on any atom is 0.306 e. The van der Waals surface area contributed by atoms with Gasteiger partial charge in [0.2, 0.25) is 10.0 Å². The van der Waals surface area contributed by atoms with Crippen LogP contribution in [0.15, 0.2) is 28.0 Å². The van der Waals surface area contributed by atoms with Crippen molar-refractivity contribution in [2.45, 2.75) is 28.4 Å². The molecule has 0 bridgehead atoms. The molecule has 1 aromatic rings. The van der Waals surface area contributed by atoms with Crippen molar-refractivity contribution in [1.29, 1.82) is 0 Å². The van der Waals surface area contributed by atoms with Gasteiger partial charge in [-0.05, 0) is 18.2 Å². The molecule has 8 heteroatoms. The molecular weight excluding hydrogens is 293 g/mol. The standard InChI is InChI=1S/C11H14FNO4S2/c1-7(5-11(14)17-2)18-10-4-3-8(6-9(10)12)19(13,15)16/h3-4,6-7H,5H2,1-2H3,(H2,13,15,16). The van der Waals surface area contributed by atoms with Gasteiger partial charge in [-0.1, -0.05) is 6.92 Å². The quantitative estimate of drug-likeness (QED) is 0.658. The summed E-state index contributed by atoms with van der Waals surface area (Å²) >= 11 is 1.12. The van der Waals surface area contributed by atoms with E-state index in [1.807, 2.05) is 0 Å². The van der Waals surface area contributed by atoms with Crippen LogP contribution in [-0.4, -0.2) is 26.7 Å². The Bertz CT molecular complexity index is 574. The van der Waals surface area contributed by atoms with Crippen molar-refractivity contribution in [2.24, 2.45) is 5.14 Å². The second kappa shape index (κ2) is 6.36. The van der Waals surface area contributed by atoms with E-state index in [0.29, 0.717) is 0 Å². The van der Waals surface area contributed by atoms with Crippen LogP contribution in [0.4, 0.5) is 4.39 Å². The normalized spacial score (nSPS) is 13.1. The van der Waals surface area contributed by atoms with E-state index in [1.165, 1.54) is 19.2 Å². The average Bonchev–Trinajstić information content (AvgIpc) is 2.30. The minimum atomic E-state index is -3.92. The van der Waals surface area contributed by atoms with Gasteiger partial charge in [-0.25, -0.2) is 17.9 Å². The molecule has 106 valence electrons. The molecule has 0 aliphatic carbocycles. The minimum absolute atomic E-state index is 0.136. The van der Waals surface area contributed by atoms with Gasteiger partial charge in [0.15, 0.2) is 0 Å². The smallest absolute Gasteiger partial charge is 0.306 e. The molecule has 2 N–H and O–H groups in total. The second-order valence-corrected chi connectivity index (χ2v) is 6.89. The summed E-state index contributed by atoms with van der Waals surface area (Å²) < 4.78 is 40.3. The van der Waals surface area contributed by atoms with E-state index in [1.54, 1.807) is 6.92 Å². The van der Waals surface area contributed by atoms with E-state index < -0.39 is 15.8 Å². The van der Waals surface area contributed by atoms with E-state index in [0.717, 1.165) is 17.8 Å². The summed E-state index contributed by atoms with van der Waals surface area (Å²) in [5, 5.41) is 4.71. The van der Waals surface area contributed by atoms with Crippen LogP contribution in [0.25, 0.3) is 0 Å². The summed E-state index contributed by atoms with van der Waals surface area (Å²) in [6, 6.07) is 3.42. The van der Waals surface area contributed by atoms with Gasteiger partial charge in [-0.15, -0.1) is 11.8 Å². The zero-order valence-corrected chi connectivity index (χ0v) is 12.1. The van der Waals surface area contributed by atoms with Crippen molar-refractivity contribution in [3.05, 3.63) is 24.0 Å². The summed E-state index contributed by atoms with van der Waals surface area (Å²) in [5.74, 6) is -1.07. The maximum absolute atomic E-state index is 13.7. The maximum atomic E-state index is 13.7. The molecule has 0 aromatic heterocycles. The molecule has 0 aliphatic heterocycles. The monoisotopic (exact) mass is 307 g/mol. The van der Waals surface area contributed by atoms with E-state index in [4.69, 9.17) is 5.14 Å². The molecule has 0 saturated carbocycles. The first kappa shape index (κ1) is 15.9. The Morgan fingerprint density at radius 3 is 2.63 bits per heavy atom. The average molecular weight is 307 g/mol. The first-order valence-electron chi connectivity index (χ1n) is 5.30. The molecule has 0 heterocycles. The third-order valence-electron chi connectivity index (χ3n) is 2.24. The van der Waals surface area contributed by atoms with Gasteiger partial charge in [-0.3, -0.25) is 4.79 Å². The lowest BCUT2D eigenvalue weighted by molar-refractivity contribution is -0.140. The number of ether oxygens (including phenoxy) is 1. The number of halogens is 1. The highest BCUT2D eigenvalue weighted by molar-refractivity contribution is 8.00. The van der Waals surface area contributed by atoms with Crippen LogP contribution in [0.2, 0.25) is 0 Å². The summed E-state index contributed by atoms with van der Waals surface area (Å²) in [7, 11) is -2.64. The second-order valence-electron chi connectivity index (χ2n) is 3.85. The Labute approximate surface area is 115 Å². The number of primary sulfonamides is 1. The van der Waals surface area contributed by atoms with Crippen molar-refractivity contribution in [2.75, 3.05) is 7.11 Å². The molecule has 1 rings (SSSR count). The summed E-state index contributed by atoms with van der Waals surface area (Å²) in [6.45, 7) is 1.74.